The molecular formula is C22H26N10O13P2-2. The number of nitrogens with one attached hydrogen (secondary N) is 2. The summed E-state index contributed by atoms with van der Waals surface area (Å²) in [4.78, 5) is 71.3. The third-order valence-corrected chi connectivity index (χ3v) is 9.93. The second-order valence-electron chi connectivity index (χ2n) is 11.0. The molecular weight excluding hydrogens is 674 g/mol. The minimum absolute atomic E-state index is 0.0509. The lowest BCUT2D eigenvalue weighted by Crippen LogP contribution is -2.37. The van der Waals surface area contributed by atoms with E-state index >= 15 is 0 Å². The van der Waals surface area contributed by atoms with Crippen LogP contribution in [0.1, 0.15) is 25.8 Å². The molecule has 7 heterocycles. The molecule has 25 heteroatoms. The molecule has 0 spiro atoms. The number of aromatic nitrogens is 8. The van der Waals surface area contributed by atoms with Gasteiger partial charge < -0.3 is 53.9 Å². The average molecular weight is 700 g/mol. The summed E-state index contributed by atoms with van der Waals surface area (Å²) in [6.45, 7) is 0.160. The lowest BCUT2D eigenvalue weighted by molar-refractivity contribution is -0.236. The van der Waals surface area contributed by atoms with Gasteiger partial charge in [-0.05, 0) is 0 Å². The fraction of sp³-hybridized carbons (Fsp3) is 0.545. The van der Waals surface area contributed by atoms with Crippen LogP contribution in [0.3, 0.4) is 0 Å². The van der Waals surface area contributed by atoms with Crippen molar-refractivity contribution in [3.8, 4) is 0 Å². The van der Waals surface area contributed by atoms with Crippen molar-refractivity contribution in [3.05, 3.63) is 33.4 Å². The Balaban J connectivity index is 1.17. The van der Waals surface area contributed by atoms with Crippen molar-refractivity contribution in [2.75, 3.05) is 24.7 Å². The van der Waals surface area contributed by atoms with Crippen LogP contribution in [0.15, 0.2) is 22.2 Å². The van der Waals surface area contributed by atoms with Crippen molar-refractivity contribution in [2.45, 2.75) is 56.3 Å². The number of nitrogens with two attached hydrogens (primary N) is 2. The Morgan fingerprint density at radius 3 is 2.02 bits per heavy atom. The van der Waals surface area contributed by atoms with Gasteiger partial charge in [-0.1, -0.05) is 6.92 Å². The summed E-state index contributed by atoms with van der Waals surface area (Å²) >= 11 is 0. The minimum Gasteiger partial charge on any atom is -0.756 e. The quantitative estimate of drug-likeness (QED) is 0.133. The Morgan fingerprint density at radius 1 is 0.872 bits per heavy atom. The molecule has 7 N–H and O–H groups in total. The molecule has 23 nitrogen and oxygen atoms in total. The first-order chi connectivity index (χ1) is 22.2. The highest BCUT2D eigenvalue weighted by atomic mass is 31.2. The molecule has 3 saturated heterocycles. The highest BCUT2D eigenvalue weighted by molar-refractivity contribution is 7.46. The van der Waals surface area contributed by atoms with E-state index in [1.807, 2.05) is 0 Å². The number of fused-ring (bicyclic) bond motifs is 4. The van der Waals surface area contributed by atoms with Crippen LogP contribution < -0.4 is 32.4 Å². The first-order valence-electron chi connectivity index (χ1n) is 13.9. The maximum absolute atomic E-state index is 13.2. The van der Waals surface area contributed by atoms with Crippen molar-refractivity contribution in [1.82, 2.24) is 39.0 Å². The van der Waals surface area contributed by atoms with Gasteiger partial charge in [0.1, 0.15) is 24.5 Å². The van der Waals surface area contributed by atoms with Crippen molar-refractivity contribution in [2.24, 2.45) is 5.92 Å². The maximum Gasteiger partial charge on any atom is 0.280 e. The summed E-state index contributed by atoms with van der Waals surface area (Å²) in [5.41, 5.74) is 9.76. The zero-order valence-corrected chi connectivity index (χ0v) is 25.8. The van der Waals surface area contributed by atoms with E-state index in [2.05, 4.69) is 29.9 Å². The predicted octanol–water partition coefficient (Wildman–Crippen LogP) is -2.65. The van der Waals surface area contributed by atoms with Crippen LogP contribution >= 0.6 is 15.6 Å². The zero-order chi connectivity index (χ0) is 33.4. The number of aliphatic hydroxyl groups is 1. The van der Waals surface area contributed by atoms with E-state index in [-0.39, 0.29) is 40.6 Å². The predicted molar refractivity (Wildman–Crippen MR) is 150 cm³/mol. The number of H-pyrrole nitrogens is 2. The summed E-state index contributed by atoms with van der Waals surface area (Å²) in [6.07, 6.45) is -7.77. The van der Waals surface area contributed by atoms with Crippen LogP contribution in [0.2, 0.25) is 0 Å². The fourth-order valence-electron chi connectivity index (χ4n) is 5.87. The largest absolute Gasteiger partial charge is 0.756 e. The summed E-state index contributed by atoms with van der Waals surface area (Å²) in [5.74, 6) is -1.24. The molecule has 0 saturated carbocycles. The number of phosphoric acid groups is 2. The number of hydrogen-bond acceptors (Lipinski definition) is 19. The number of nitrogen functional groups attached to an aromatic ring is 2. The molecule has 3 aliphatic rings. The average Bonchev–Trinajstić information content (AvgIpc) is 3.73. The Hall–Kier alpha value is -3.60. The molecule has 47 heavy (non-hydrogen) atoms. The molecule has 4 aromatic heterocycles. The van der Waals surface area contributed by atoms with Gasteiger partial charge in [-0.3, -0.25) is 37.8 Å². The number of rotatable bonds is 2. The lowest BCUT2D eigenvalue weighted by atomic mass is 10.0. The number of hydrogen-bond donors (Lipinski definition) is 5. The summed E-state index contributed by atoms with van der Waals surface area (Å²) < 4.78 is 61.2. The molecule has 4 aromatic rings. The first-order valence-corrected chi connectivity index (χ1v) is 16.8. The standard InChI is InChI=1S/C22H28N10O13P2/c1-7-13-8(42-19(7)31-5-25-10-15(31)27-21(23)29-17(10)34)2-3-40-46(36,37)45-14-9(4-41-47(38,39)44-13)43-20(12(14)33)32-6-26-11-16(32)28-22(24)30-18(11)35/h5-9,12-14,19-20,33H,2-4H2,1H3,(H,36,37)(H,38,39)(H3,23,27,29,34)(H3,24,28,30,35)/p-2/t7-,8+,9+,12-,13?,14?,19+,20+/m0/s1. The SMILES string of the molecule is C[C@H]1C2OP(=O)([O-])OC[C@H]3O[C@@H](n4cnc5c(=O)[nH]c(N)nc54)[C@@H](O)C3OP(=O)([O-])OCC[C@H]2O[C@H]1n1cnc2c(=O)[nH]c(N)nc21. The van der Waals surface area contributed by atoms with Gasteiger partial charge in [-0.25, -0.2) is 9.97 Å². The second-order valence-corrected chi connectivity index (χ2v) is 13.7. The normalized spacial score (nSPS) is 36.9. The van der Waals surface area contributed by atoms with E-state index in [0.29, 0.717) is 0 Å². The summed E-state index contributed by atoms with van der Waals surface area (Å²) in [5, 5.41) is 11.1. The Bertz CT molecular complexity index is 2070. The molecule has 0 bridgehead atoms. The van der Waals surface area contributed by atoms with Crippen LogP contribution in [0, 0.1) is 5.92 Å². The van der Waals surface area contributed by atoms with Crippen molar-refractivity contribution in [3.63, 3.8) is 0 Å². The number of phosphoric ester groups is 2. The zero-order valence-electron chi connectivity index (χ0n) is 24.0. The smallest absolute Gasteiger partial charge is 0.280 e. The van der Waals surface area contributed by atoms with Crippen LogP contribution in [0.25, 0.3) is 22.3 Å². The van der Waals surface area contributed by atoms with Crippen LogP contribution in [-0.2, 0) is 36.7 Å². The van der Waals surface area contributed by atoms with Crippen molar-refractivity contribution >= 4 is 49.9 Å². The molecule has 10 atom stereocenters. The third kappa shape index (κ3) is 5.78. The molecule has 0 radical (unpaired) electrons. The first kappa shape index (κ1) is 32.0. The molecule has 4 unspecified atom stereocenters. The third-order valence-electron chi connectivity index (χ3n) is 7.96. The highest BCUT2D eigenvalue weighted by Crippen LogP contribution is 2.51. The van der Waals surface area contributed by atoms with Gasteiger partial charge in [0.2, 0.25) is 11.9 Å². The van der Waals surface area contributed by atoms with E-state index in [4.69, 9.17) is 39.0 Å². The number of imidazole rings is 2. The fourth-order valence-corrected chi connectivity index (χ4v) is 7.84. The van der Waals surface area contributed by atoms with Gasteiger partial charge in [-0.2, -0.15) is 9.97 Å². The van der Waals surface area contributed by atoms with E-state index < -0.39 is 88.9 Å². The Labute approximate surface area is 261 Å². The van der Waals surface area contributed by atoms with E-state index in [1.54, 1.807) is 6.92 Å². The minimum atomic E-state index is -5.20. The number of anilines is 2. The molecule has 7 rings (SSSR count). The summed E-state index contributed by atoms with van der Waals surface area (Å²) in [7, 11) is -10.4. The van der Waals surface area contributed by atoms with Gasteiger partial charge in [0.15, 0.2) is 28.6 Å². The van der Waals surface area contributed by atoms with Gasteiger partial charge >= 0.3 is 0 Å². The topological polar surface area (TPSA) is 335 Å². The van der Waals surface area contributed by atoms with Gasteiger partial charge in [0.25, 0.3) is 26.8 Å². The Morgan fingerprint density at radius 2 is 1.40 bits per heavy atom. The molecule has 0 aliphatic carbocycles. The monoisotopic (exact) mass is 700 g/mol. The number of aliphatic hydroxyl groups excluding tert-OH is 1. The van der Waals surface area contributed by atoms with Crippen molar-refractivity contribution < 1.29 is 51.6 Å². The van der Waals surface area contributed by atoms with Gasteiger partial charge in [0.05, 0.1) is 38.1 Å². The molecule has 0 aromatic carbocycles. The van der Waals surface area contributed by atoms with Crippen LogP contribution in [0.4, 0.5) is 11.9 Å². The molecule has 3 aliphatic heterocycles. The van der Waals surface area contributed by atoms with Gasteiger partial charge in [-0.15, -0.1) is 0 Å². The van der Waals surface area contributed by atoms with Crippen LogP contribution in [0.5, 0.6) is 0 Å². The van der Waals surface area contributed by atoms with E-state index in [1.165, 1.54) is 10.9 Å². The molecule has 0 amide bonds. The highest BCUT2D eigenvalue weighted by Gasteiger charge is 2.50. The summed E-state index contributed by atoms with van der Waals surface area (Å²) in [6, 6.07) is 0. The number of aromatic amines is 2. The molecule has 3 fully saturated rings. The number of ether oxygens (including phenoxy) is 2. The maximum atomic E-state index is 13.2. The lowest BCUT2D eigenvalue weighted by Gasteiger charge is -2.31. The van der Waals surface area contributed by atoms with Crippen molar-refractivity contribution in [1.29, 1.82) is 0 Å². The molecule has 254 valence electrons. The van der Waals surface area contributed by atoms with Crippen LogP contribution in [-0.4, -0.2) is 87.9 Å². The van der Waals surface area contributed by atoms with Gasteiger partial charge in [0, 0.05) is 12.3 Å². The Kier molecular flexibility index (Phi) is 7.84. The van der Waals surface area contributed by atoms with E-state index in [0.717, 1.165) is 10.9 Å². The second kappa shape index (κ2) is 11.5. The number of nitrogens with zero attached hydrogens (tertiary/aromatic N) is 6. The van der Waals surface area contributed by atoms with E-state index in [9.17, 15) is 33.6 Å².